The first-order chi connectivity index (χ1) is 4.21. The second-order valence-corrected chi connectivity index (χ2v) is 2.80. The molecule has 0 aromatic heterocycles. The molecule has 0 aliphatic carbocycles. The van der Waals surface area contributed by atoms with Gasteiger partial charge in [-0.15, -0.1) is 0 Å². The Morgan fingerprint density at radius 2 is 2.00 bits per heavy atom. The Morgan fingerprint density at radius 3 is 2.78 bits per heavy atom. The normalized spacial score (nSPS) is 22.0. The molecule has 1 nitrogen and oxygen atoms in total. The van der Waals surface area contributed by atoms with Gasteiger partial charge in [0.1, 0.15) is 0 Å². The van der Waals surface area contributed by atoms with E-state index in [0.29, 0.717) is 0 Å². The van der Waals surface area contributed by atoms with Crippen molar-refractivity contribution in [2.24, 2.45) is 10.4 Å². The number of rotatable bonds is 0. The molecule has 1 aliphatic heterocycles. The van der Waals surface area contributed by atoms with Crippen molar-refractivity contribution in [3.8, 4) is 0 Å². The van der Waals surface area contributed by atoms with Gasteiger partial charge in [0, 0.05) is 17.8 Å². The van der Waals surface area contributed by atoms with Gasteiger partial charge >= 0.3 is 0 Å². The van der Waals surface area contributed by atoms with Crippen LogP contribution in [0.4, 0.5) is 0 Å². The minimum Gasteiger partial charge on any atom is -0.268 e. The van der Waals surface area contributed by atoms with Crippen LogP contribution in [-0.2, 0) is 0 Å². The number of allylic oxidation sites excluding steroid dienone is 3. The summed E-state index contributed by atoms with van der Waals surface area (Å²) >= 11 is 0. The molecule has 0 saturated carbocycles. The van der Waals surface area contributed by atoms with Crippen molar-refractivity contribution in [1.82, 2.24) is 0 Å². The van der Waals surface area contributed by atoms with Crippen LogP contribution < -0.4 is 0 Å². The maximum absolute atomic E-state index is 4.06. The highest BCUT2D eigenvalue weighted by Crippen LogP contribution is 2.14. The Morgan fingerprint density at radius 1 is 1.22 bits per heavy atom. The van der Waals surface area contributed by atoms with Gasteiger partial charge in [-0.25, -0.2) is 0 Å². The van der Waals surface area contributed by atoms with Crippen LogP contribution in [-0.4, -0.2) is 6.21 Å². The van der Waals surface area contributed by atoms with Gasteiger partial charge in [-0.05, 0) is 6.08 Å². The standard InChI is InChI=1S/C8H11N/c1-8(2)5-3-4-6-9-7-8/h3-7H,1-2H3. The lowest BCUT2D eigenvalue weighted by Gasteiger charge is -2.10. The van der Waals surface area contributed by atoms with Crippen LogP contribution in [0.2, 0.25) is 0 Å². The van der Waals surface area contributed by atoms with E-state index in [9.17, 15) is 0 Å². The molecule has 0 bridgehead atoms. The zero-order valence-electron chi connectivity index (χ0n) is 5.83. The molecule has 48 valence electrons. The summed E-state index contributed by atoms with van der Waals surface area (Å²) in [4.78, 5) is 4.06. The maximum Gasteiger partial charge on any atom is 0.0264 e. The smallest absolute Gasteiger partial charge is 0.0264 e. The zero-order chi connectivity index (χ0) is 6.74. The average Bonchev–Trinajstić information content (AvgIpc) is 1.92. The molecule has 1 heteroatoms. The zero-order valence-corrected chi connectivity index (χ0v) is 5.83. The minimum atomic E-state index is 0.128. The predicted molar refractivity (Wildman–Crippen MR) is 40.6 cm³/mol. The molecule has 1 rings (SSSR count). The quantitative estimate of drug-likeness (QED) is 0.465. The summed E-state index contributed by atoms with van der Waals surface area (Å²) in [5.74, 6) is 0. The number of aliphatic imine (C=N–C) groups is 1. The van der Waals surface area contributed by atoms with E-state index in [0.717, 1.165) is 0 Å². The van der Waals surface area contributed by atoms with Crippen molar-refractivity contribution in [3.63, 3.8) is 0 Å². The van der Waals surface area contributed by atoms with E-state index in [1.54, 1.807) is 6.20 Å². The van der Waals surface area contributed by atoms with Crippen molar-refractivity contribution in [2.75, 3.05) is 0 Å². The largest absolute Gasteiger partial charge is 0.268 e. The Hall–Kier alpha value is -0.850. The molecule has 0 saturated heterocycles. The summed E-state index contributed by atoms with van der Waals surface area (Å²) in [6.07, 6.45) is 9.82. The van der Waals surface area contributed by atoms with Crippen LogP contribution in [0.25, 0.3) is 0 Å². The van der Waals surface area contributed by atoms with Crippen LogP contribution >= 0.6 is 0 Å². The average molecular weight is 121 g/mol. The fourth-order valence-corrected chi connectivity index (χ4v) is 0.681. The van der Waals surface area contributed by atoms with Crippen molar-refractivity contribution in [3.05, 3.63) is 24.4 Å². The molecule has 0 N–H and O–H groups in total. The third-order valence-corrected chi connectivity index (χ3v) is 1.22. The SMILES string of the molecule is CC1(C)C=CC=CN=C1. The van der Waals surface area contributed by atoms with Crippen molar-refractivity contribution >= 4 is 6.21 Å². The van der Waals surface area contributed by atoms with Crippen LogP contribution in [0, 0.1) is 5.41 Å². The molecule has 0 unspecified atom stereocenters. The monoisotopic (exact) mass is 121 g/mol. The van der Waals surface area contributed by atoms with Gasteiger partial charge < -0.3 is 0 Å². The van der Waals surface area contributed by atoms with Gasteiger partial charge in [-0.3, -0.25) is 4.99 Å². The maximum atomic E-state index is 4.06. The fraction of sp³-hybridized carbons (Fsp3) is 0.375. The van der Waals surface area contributed by atoms with Crippen molar-refractivity contribution in [1.29, 1.82) is 0 Å². The Kier molecular flexibility index (Phi) is 1.52. The molecule has 0 spiro atoms. The van der Waals surface area contributed by atoms with Crippen LogP contribution in [0.1, 0.15) is 13.8 Å². The molecule has 0 amide bonds. The van der Waals surface area contributed by atoms with Gasteiger partial charge in [-0.1, -0.05) is 26.0 Å². The lowest BCUT2D eigenvalue weighted by atomic mass is 9.95. The summed E-state index contributed by atoms with van der Waals surface area (Å²) in [7, 11) is 0. The fourth-order valence-electron chi connectivity index (χ4n) is 0.681. The Labute approximate surface area is 55.8 Å². The molecule has 0 radical (unpaired) electrons. The summed E-state index contributed by atoms with van der Waals surface area (Å²) in [6.45, 7) is 4.25. The van der Waals surface area contributed by atoms with E-state index >= 15 is 0 Å². The lowest BCUT2D eigenvalue weighted by Crippen LogP contribution is -2.07. The Bertz CT molecular complexity index is 155. The van der Waals surface area contributed by atoms with Gasteiger partial charge in [0.15, 0.2) is 0 Å². The van der Waals surface area contributed by atoms with E-state index in [1.807, 2.05) is 18.4 Å². The topological polar surface area (TPSA) is 12.4 Å². The van der Waals surface area contributed by atoms with E-state index in [2.05, 4.69) is 24.9 Å². The molecular formula is C8H11N. The van der Waals surface area contributed by atoms with E-state index < -0.39 is 0 Å². The summed E-state index contributed by atoms with van der Waals surface area (Å²) in [5.41, 5.74) is 0.128. The third kappa shape index (κ3) is 1.84. The molecule has 9 heavy (non-hydrogen) atoms. The first-order valence-corrected chi connectivity index (χ1v) is 3.09. The molecular weight excluding hydrogens is 110 g/mol. The molecule has 0 atom stereocenters. The summed E-state index contributed by atoms with van der Waals surface area (Å²) < 4.78 is 0. The van der Waals surface area contributed by atoms with Crippen LogP contribution in [0.15, 0.2) is 29.4 Å². The molecule has 0 aromatic carbocycles. The van der Waals surface area contributed by atoms with Gasteiger partial charge in [0.05, 0.1) is 0 Å². The highest BCUT2D eigenvalue weighted by Gasteiger charge is 2.08. The molecule has 0 fully saturated rings. The Balaban J connectivity index is 2.82. The molecule has 0 aromatic rings. The molecule has 1 aliphatic rings. The lowest BCUT2D eigenvalue weighted by molar-refractivity contribution is 0.695. The second kappa shape index (κ2) is 2.18. The number of hydrogen-bond acceptors (Lipinski definition) is 1. The first kappa shape index (κ1) is 6.27. The number of hydrogen-bond donors (Lipinski definition) is 0. The van der Waals surface area contributed by atoms with E-state index in [-0.39, 0.29) is 5.41 Å². The third-order valence-electron chi connectivity index (χ3n) is 1.22. The van der Waals surface area contributed by atoms with Gasteiger partial charge in [0.25, 0.3) is 0 Å². The second-order valence-electron chi connectivity index (χ2n) is 2.80. The summed E-state index contributed by atoms with van der Waals surface area (Å²) in [5, 5.41) is 0. The molecule has 1 heterocycles. The van der Waals surface area contributed by atoms with Crippen LogP contribution in [0.5, 0.6) is 0 Å². The van der Waals surface area contributed by atoms with Crippen molar-refractivity contribution < 1.29 is 0 Å². The van der Waals surface area contributed by atoms with Crippen LogP contribution in [0.3, 0.4) is 0 Å². The highest BCUT2D eigenvalue weighted by atomic mass is 14.7. The van der Waals surface area contributed by atoms with Gasteiger partial charge in [0.2, 0.25) is 0 Å². The first-order valence-electron chi connectivity index (χ1n) is 3.09. The van der Waals surface area contributed by atoms with Gasteiger partial charge in [-0.2, -0.15) is 0 Å². The summed E-state index contributed by atoms with van der Waals surface area (Å²) in [6, 6.07) is 0. The van der Waals surface area contributed by atoms with E-state index in [1.165, 1.54) is 0 Å². The number of nitrogens with zero attached hydrogens (tertiary/aromatic N) is 1. The highest BCUT2D eigenvalue weighted by molar-refractivity contribution is 5.68. The van der Waals surface area contributed by atoms with Crippen molar-refractivity contribution in [2.45, 2.75) is 13.8 Å². The van der Waals surface area contributed by atoms with E-state index in [4.69, 9.17) is 0 Å². The minimum absolute atomic E-state index is 0.128. The predicted octanol–water partition coefficient (Wildman–Crippen LogP) is 2.17.